The van der Waals surface area contributed by atoms with Crippen molar-refractivity contribution < 1.29 is 4.79 Å². The Bertz CT molecular complexity index is 223. The Morgan fingerprint density at radius 3 is 2.27 bits per heavy atom. The number of hydrogen-bond acceptors (Lipinski definition) is 1. The molecule has 1 N–H and O–H groups in total. The van der Waals surface area contributed by atoms with Crippen molar-refractivity contribution in [1.82, 2.24) is 0 Å². The number of nitrogens with one attached hydrogen (secondary N) is 1. The zero-order valence-corrected chi connectivity index (χ0v) is 7.29. The van der Waals surface area contributed by atoms with Gasteiger partial charge in [0.05, 0.1) is 0 Å². The molecule has 0 atom stereocenters. The number of amides is 1. The van der Waals surface area contributed by atoms with Gasteiger partial charge in [-0.15, -0.1) is 0 Å². The van der Waals surface area contributed by atoms with Gasteiger partial charge in [0.1, 0.15) is 0 Å². The summed E-state index contributed by atoms with van der Waals surface area (Å²) in [7, 11) is 0. The van der Waals surface area contributed by atoms with Crippen molar-refractivity contribution in [3.05, 3.63) is 30.3 Å². The van der Waals surface area contributed by atoms with Crippen molar-refractivity contribution in [3.8, 4) is 0 Å². The summed E-state index contributed by atoms with van der Waals surface area (Å²) < 4.78 is 0. The van der Waals surface area contributed by atoms with Gasteiger partial charge in [0.2, 0.25) is 5.91 Å². The van der Waals surface area contributed by atoms with Crippen molar-refractivity contribution in [3.63, 3.8) is 0 Å². The van der Waals surface area contributed by atoms with Gasteiger partial charge in [0.25, 0.3) is 0 Å². The highest BCUT2D eigenvalue weighted by atomic mass is 32.1. The summed E-state index contributed by atoms with van der Waals surface area (Å²) >= 11 is 0. The maximum atomic E-state index is 10.5. The summed E-state index contributed by atoms with van der Waals surface area (Å²) in [6.07, 6.45) is 0. The fourth-order valence-electron chi connectivity index (χ4n) is 0.725. The molecule has 1 rings (SSSR count). The third-order valence-corrected chi connectivity index (χ3v) is 1.09. The monoisotopic (exact) mass is 169 g/mol. The second-order valence-corrected chi connectivity index (χ2v) is 2.05. The van der Waals surface area contributed by atoms with Crippen LogP contribution in [-0.2, 0) is 4.79 Å². The van der Waals surface area contributed by atoms with Crippen molar-refractivity contribution >= 4 is 25.1 Å². The molecule has 11 heavy (non-hydrogen) atoms. The van der Waals surface area contributed by atoms with Crippen molar-refractivity contribution in [2.75, 3.05) is 5.32 Å². The van der Waals surface area contributed by atoms with Crippen LogP contribution in [0.15, 0.2) is 30.3 Å². The van der Waals surface area contributed by atoms with E-state index in [1.54, 1.807) is 0 Å². The lowest BCUT2D eigenvalue weighted by atomic mass is 10.3. The van der Waals surface area contributed by atoms with Gasteiger partial charge in [0, 0.05) is 12.6 Å². The van der Waals surface area contributed by atoms with Crippen LogP contribution in [0.3, 0.4) is 0 Å². The zero-order valence-electron chi connectivity index (χ0n) is 6.29. The number of rotatable bonds is 1. The number of para-hydroxylation sites is 1. The number of hydrogen-bond donors (Lipinski definition) is 1. The fourth-order valence-corrected chi connectivity index (χ4v) is 0.725. The average molecular weight is 169 g/mol. The smallest absolute Gasteiger partial charge is 0.221 e. The Morgan fingerprint density at radius 2 is 1.82 bits per heavy atom. The molecule has 0 saturated heterocycles. The highest BCUT2D eigenvalue weighted by molar-refractivity contribution is 7.59. The van der Waals surface area contributed by atoms with E-state index >= 15 is 0 Å². The molecule has 2 nitrogen and oxygen atoms in total. The SMILES string of the molecule is CC(=O)Nc1ccccc1.S. The number of anilines is 1. The van der Waals surface area contributed by atoms with Crippen LogP contribution in [0, 0.1) is 0 Å². The lowest BCUT2D eigenvalue weighted by Crippen LogP contribution is -2.04. The molecule has 0 saturated carbocycles. The molecule has 0 bridgehead atoms. The lowest BCUT2D eigenvalue weighted by molar-refractivity contribution is -0.114. The molecule has 1 amide bonds. The minimum Gasteiger partial charge on any atom is -0.326 e. The molecule has 1 aromatic carbocycles. The quantitative estimate of drug-likeness (QED) is 0.682. The van der Waals surface area contributed by atoms with Crippen LogP contribution in [0.2, 0.25) is 0 Å². The van der Waals surface area contributed by atoms with Gasteiger partial charge in [-0.25, -0.2) is 0 Å². The largest absolute Gasteiger partial charge is 0.326 e. The molecule has 0 unspecified atom stereocenters. The number of carbonyl (C=O) groups is 1. The minimum atomic E-state index is -0.0359. The first-order chi connectivity index (χ1) is 4.79. The summed E-state index contributed by atoms with van der Waals surface area (Å²) in [5, 5.41) is 2.67. The minimum absolute atomic E-state index is 0. The molecule has 0 heterocycles. The maximum Gasteiger partial charge on any atom is 0.221 e. The van der Waals surface area contributed by atoms with Crippen LogP contribution in [0.25, 0.3) is 0 Å². The van der Waals surface area contributed by atoms with E-state index in [1.807, 2.05) is 30.3 Å². The number of benzene rings is 1. The van der Waals surface area contributed by atoms with Crippen LogP contribution < -0.4 is 5.32 Å². The van der Waals surface area contributed by atoms with Gasteiger partial charge >= 0.3 is 0 Å². The summed E-state index contributed by atoms with van der Waals surface area (Å²) in [4.78, 5) is 10.5. The van der Waals surface area contributed by atoms with Crippen molar-refractivity contribution in [1.29, 1.82) is 0 Å². The van der Waals surface area contributed by atoms with Gasteiger partial charge in [-0.05, 0) is 12.1 Å². The van der Waals surface area contributed by atoms with Crippen LogP contribution >= 0.6 is 13.5 Å². The molecule has 60 valence electrons. The lowest BCUT2D eigenvalue weighted by Gasteiger charge is -1.98. The van der Waals surface area contributed by atoms with Gasteiger partial charge < -0.3 is 5.32 Å². The fraction of sp³-hybridized carbons (Fsp3) is 0.125. The van der Waals surface area contributed by atoms with Crippen LogP contribution in [0.4, 0.5) is 5.69 Å². The normalized spacial score (nSPS) is 8.09. The topological polar surface area (TPSA) is 29.1 Å². The van der Waals surface area contributed by atoms with E-state index < -0.39 is 0 Å². The average Bonchev–Trinajstić information content (AvgIpc) is 1.88. The Labute approximate surface area is 73.1 Å². The molecule has 0 aliphatic heterocycles. The highest BCUT2D eigenvalue weighted by Gasteiger charge is 1.90. The second kappa shape index (κ2) is 4.79. The molecular weight excluding hydrogens is 158 g/mol. The van der Waals surface area contributed by atoms with E-state index in [4.69, 9.17) is 0 Å². The van der Waals surface area contributed by atoms with E-state index in [2.05, 4.69) is 5.32 Å². The van der Waals surface area contributed by atoms with E-state index in [1.165, 1.54) is 6.92 Å². The van der Waals surface area contributed by atoms with Gasteiger partial charge in [-0.1, -0.05) is 18.2 Å². The Kier molecular flexibility index (Phi) is 4.38. The third kappa shape index (κ3) is 3.68. The van der Waals surface area contributed by atoms with E-state index in [0.29, 0.717) is 0 Å². The Morgan fingerprint density at radius 1 is 1.27 bits per heavy atom. The standard InChI is InChI=1S/C8H9NO.H2S/c1-7(10)9-8-5-3-2-4-6-8;/h2-6H,1H3,(H,9,10);1H2. The first kappa shape index (κ1) is 10.0. The van der Waals surface area contributed by atoms with Gasteiger partial charge in [0.15, 0.2) is 0 Å². The van der Waals surface area contributed by atoms with Crippen LogP contribution in [-0.4, -0.2) is 5.91 Å². The highest BCUT2D eigenvalue weighted by Crippen LogP contribution is 2.03. The van der Waals surface area contributed by atoms with E-state index in [0.717, 1.165) is 5.69 Å². The predicted octanol–water partition coefficient (Wildman–Crippen LogP) is 1.76. The first-order valence-corrected chi connectivity index (χ1v) is 3.11. The number of carbonyl (C=O) groups excluding carboxylic acids is 1. The Balaban J connectivity index is 0.000001000. The molecule has 1 aromatic rings. The molecule has 0 aromatic heterocycles. The molecule has 0 aliphatic rings. The molecular formula is C8H11NOS. The summed E-state index contributed by atoms with van der Waals surface area (Å²) in [5.41, 5.74) is 0.843. The molecule has 0 spiro atoms. The molecule has 0 fully saturated rings. The molecule has 3 heteroatoms. The summed E-state index contributed by atoms with van der Waals surface area (Å²) in [5.74, 6) is -0.0359. The summed E-state index contributed by atoms with van der Waals surface area (Å²) in [6, 6.07) is 9.37. The van der Waals surface area contributed by atoms with Crippen LogP contribution in [0.1, 0.15) is 6.92 Å². The Hall–Kier alpha value is -0.960. The van der Waals surface area contributed by atoms with Gasteiger partial charge in [-0.3, -0.25) is 4.79 Å². The van der Waals surface area contributed by atoms with E-state index in [-0.39, 0.29) is 19.4 Å². The maximum absolute atomic E-state index is 10.5. The van der Waals surface area contributed by atoms with Crippen molar-refractivity contribution in [2.24, 2.45) is 0 Å². The van der Waals surface area contributed by atoms with Crippen molar-refractivity contribution in [2.45, 2.75) is 6.92 Å². The second-order valence-electron chi connectivity index (χ2n) is 2.05. The van der Waals surface area contributed by atoms with E-state index in [9.17, 15) is 4.79 Å². The van der Waals surface area contributed by atoms with Crippen LogP contribution in [0.5, 0.6) is 0 Å². The zero-order chi connectivity index (χ0) is 7.40. The van der Waals surface area contributed by atoms with Gasteiger partial charge in [-0.2, -0.15) is 13.5 Å². The predicted molar refractivity (Wildman–Crippen MR) is 51.1 cm³/mol. The first-order valence-electron chi connectivity index (χ1n) is 3.11. The molecule has 0 radical (unpaired) electrons. The molecule has 0 aliphatic carbocycles. The summed E-state index contributed by atoms with van der Waals surface area (Å²) in [6.45, 7) is 1.49. The third-order valence-electron chi connectivity index (χ3n) is 1.09.